The molecule has 0 spiro atoms. The van der Waals surface area contributed by atoms with Crippen molar-refractivity contribution in [2.24, 2.45) is 0 Å². The molecule has 3 aromatic rings. The lowest BCUT2D eigenvalue weighted by Gasteiger charge is -2.30. The van der Waals surface area contributed by atoms with Crippen molar-refractivity contribution in [3.63, 3.8) is 0 Å². The molecule has 1 aliphatic heterocycles. The molecule has 0 unspecified atom stereocenters. The molecule has 1 fully saturated rings. The van der Waals surface area contributed by atoms with Crippen LogP contribution in [0.1, 0.15) is 25.8 Å². The van der Waals surface area contributed by atoms with Gasteiger partial charge in [0.1, 0.15) is 11.6 Å². The molecule has 0 saturated carbocycles. The van der Waals surface area contributed by atoms with Gasteiger partial charge in [0, 0.05) is 42.4 Å². The third-order valence-electron chi connectivity index (χ3n) is 4.61. The Morgan fingerprint density at radius 1 is 1.25 bits per heavy atom. The van der Waals surface area contributed by atoms with Crippen LogP contribution in [0.4, 0.5) is 4.39 Å². The molecule has 124 valence electrons. The molecule has 2 aromatic heterocycles. The van der Waals surface area contributed by atoms with E-state index in [1.54, 1.807) is 29.2 Å². The maximum Gasteiger partial charge on any atom is 0.142 e. The van der Waals surface area contributed by atoms with Crippen LogP contribution in [0.2, 0.25) is 0 Å². The van der Waals surface area contributed by atoms with Gasteiger partial charge in [-0.05, 0) is 50.6 Å². The number of imidazole rings is 1. The summed E-state index contributed by atoms with van der Waals surface area (Å²) in [4.78, 5) is 4.53. The number of rotatable bonds is 3. The first-order valence-electron chi connectivity index (χ1n) is 8.28. The van der Waals surface area contributed by atoms with Gasteiger partial charge in [-0.3, -0.25) is 0 Å². The summed E-state index contributed by atoms with van der Waals surface area (Å²) in [6.45, 7) is 3.18. The molecule has 1 saturated heterocycles. The van der Waals surface area contributed by atoms with Crippen molar-refractivity contribution in [1.82, 2.24) is 24.6 Å². The van der Waals surface area contributed by atoms with Gasteiger partial charge in [-0.15, -0.1) is 0 Å². The first kappa shape index (κ1) is 15.1. The third kappa shape index (κ3) is 2.73. The first-order valence-corrected chi connectivity index (χ1v) is 8.28. The lowest BCUT2D eigenvalue weighted by atomic mass is 10.00. The zero-order valence-electron chi connectivity index (χ0n) is 13.6. The Balaban J connectivity index is 1.80. The van der Waals surface area contributed by atoms with Crippen LogP contribution in [0.15, 0.2) is 49.1 Å². The Labute approximate surface area is 140 Å². The van der Waals surface area contributed by atoms with Crippen molar-refractivity contribution in [3.05, 3.63) is 54.9 Å². The van der Waals surface area contributed by atoms with E-state index in [0.717, 1.165) is 36.5 Å². The zero-order chi connectivity index (χ0) is 16.5. The average Bonchev–Trinajstić information content (AvgIpc) is 3.26. The SMILES string of the molecule is C[C@@H]1C[C@H](n2ccnc2-c2cc(F)ccc2-n2cccn2)CCN1. The molecule has 0 amide bonds. The summed E-state index contributed by atoms with van der Waals surface area (Å²) in [5.41, 5.74) is 1.59. The summed E-state index contributed by atoms with van der Waals surface area (Å²) in [5, 5.41) is 7.76. The molecule has 0 bridgehead atoms. The highest BCUT2D eigenvalue weighted by atomic mass is 19.1. The predicted octanol–water partition coefficient (Wildman–Crippen LogP) is 3.19. The summed E-state index contributed by atoms with van der Waals surface area (Å²) in [6.07, 6.45) is 9.44. The highest BCUT2D eigenvalue weighted by Crippen LogP contribution is 2.31. The van der Waals surface area contributed by atoms with Gasteiger partial charge in [-0.2, -0.15) is 5.10 Å². The fraction of sp³-hybridized carbons (Fsp3) is 0.333. The van der Waals surface area contributed by atoms with Gasteiger partial charge in [0.05, 0.1) is 5.69 Å². The molecule has 6 heteroatoms. The number of aromatic nitrogens is 4. The van der Waals surface area contributed by atoms with E-state index in [-0.39, 0.29) is 5.82 Å². The third-order valence-corrected chi connectivity index (χ3v) is 4.61. The second-order valence-electron chi connectivity index (χ2n) is 6.30. The number of nitrogens with one attached hydrogen (secondary N) is 1. The predicted molar refractivity (Wildman–Crippen MR) is 90.5 cm³/mol. The smallest absolute Gasteiger partial charge is 0.142 e. The minimum Gasteiger partial charge on any atom is -0.328 e. The minimum absolute atomic E-state index is 0.269. The Hall–Kier alpha value is -2.47. The fourth-order valence-corrected chi connectivity index (χ4v) is 3.47. The molecule has 0 aliphatic carbocycles. The van der Waals surface area contributed by atoms with E-state index < -0.39 is 0 Å². The van der Waals surface area contributed by atoms with E-state index in [9.17, 15) is 4.39 Å². The number of piperidine rings is 1. The quantitative estimate of drug-likeness (QED) is 0.804. The van der Waals surface area contributed by atoms with Crippen LogP contribution in [0, 0.1) is 5.82 Å². The van der Waals surface area contributed by atoms with E-state index in [0.29, 0.717) is 12.1 Å². The highest BCUT2D eigenvalue weighted by molar-refractivity contribution is 5.68. The van der Waals surface area contributed by atoms with Crippen LogP contribution < -0.4 is 5.32 Å². The molecule has 4 rings (SSSR count). The maximum absolute atomic E-state index is 13.9. The van der Waals surface area contributed by atoms with Crippen molar-refractivity contribution < 1.29 is 4.39 Å². The van der Waals surface area contributed by atoms with Gasteiger partial charge in [0.15, 0.2) is 0 Å². The molecule has 24 heavy (non-hydrogen) atoms. The summed E-state index contributed by atoms with van der Waals surface area (Å²) in [6, 6.07) is 7.45. The Bertz CT molecular complexity index is 824. The van der Waals surface area contributed by atoms with E-state index in [2.05, 4.69) is 26.9 Å². The van der Waals surface area contributed by atoms with E-state index in [4.69, 9.17) is 0 Å². The largest absolute Gasteiger partial charge is 0.328 e. The average molecular weight is 325 g/mol. The van der Waals surface area contributed by atoms with Crippen LogP contribution >= 0.6 is 0 Å². The van der Waals surface area contributed by atoms with Crippen LogP contribution in [0.5, 0.6) is 0 Å². The van der Waals surface area contributed by atoms with Crippen molar-refractivity contribution in [1.29, 1.82) is 0 Å². The molecule has 1 aliphatic rings. The minimum atomic E-state index is -0.269. The van der Waals surface area contributed by atoms with Crippen LogP contribution in [-0.4, -0.2) is 31.9 Å². The molecule has 0 radical (unpaired) electrons. The topological polar surface area (TPSA) is 47.7 Å². The molecule has 2 atom stereocenters. The summed E-state index contributed by atoms with van der Waals surface area (Å²) >= 11 is 0. The van der Waals surface area contributed by atoms with Gasteiger partial charge in [0.25, 0.3) is 0 Å². The molecule has 3 heterocycles. The second-order valence-corrected chi connectivity index (χ2v) is 6.30. The van der Waals surface area contributed by atoms with E-state index in [1.807, 2.05) is 18.5 Å². The van der Waals surface area contributed by atoms with E-state index in [1.165, 1.54) is 6.07 Å². The summed E-state index contributed by atoms with van der Waals surface area (Å²) < 4.78 is 17.9. The zero-order valence-corrected chi connectivity index (χ0v) is 13.6. The van der Waals surface area contributed by atoms with Crippen molar-refractivity contribution in [2.45, 2.75) is 31.8 Å². The van der Waals surface area contributed by atoms with Crippen molar-refractivity contribution >= 4 is 0 Å². The van der Waals surface area contributed by atoms with Crippen LogP contribution in [0.3, 0.4) is 0 Å². The van der Waals surface area contributed by atoms with Gasteiger partial charge in [-0.1, -0.05) is 0 Å². The van der Waals surface area contributed by atoms with Crippen LogP contribution in [-0.2, 0) is 0 Å². The van der Waals surface area contributed by atoms with E-state index >= 15 is 0 Å². The van der Waals surface area contributed by atoms with Gasteiger partial charge in [-0.25, -0.2) is 14.1 Å². The van der Waals surface area contributed by atoms with Crippen molar-refractivity contribution in [3.8, 4) is 17.1 Å². The lowest BCUT2D eigenvalue weighted by molar-refractivity contribution is 0.315. The monoisotopic (exact) mass is 325 g/mol. The Morgan fingerprint density at radius 3 is 2.96 bits per heavy atom. The maximum atomic E-state index is 13.9. The standard InChI is InChI=1S/C18H20FN5/c1-13-11-15(5-7-20-13)23-10-8-21-18(23)16-12-14(19)3-4-17(16)24-9-2-6-22-24/h2-4,6,8-10,12-13,15,20H,5,7,11H2,1H3/t13-,15-/m1/s1. The molecular weight excluding hydrogens is 305 g/mol. The van der Waals surface area contributed by atoms with Crippen LogP contribution in [0.25, 0.3) is 17.1 Å². The highest BCUT2D eigenvalue weighted by Gasteiger charge is 2.23. The Morgan fingerprint density at radius 2 is 2.17 bits per heavy atom. The second kappa shape index (κ2) is 6.20. The number of halogens is 1. The summed E-state index contributed by atoms with van der Waals surface area (Å²) in [5.74, 6) is 0.522. The number of hydrogen-bond donors (Lipinski definition) is 1. The molecule has 1 N–H and O–H groups in total. The molecular formula is C18H20FN5. The number of benzene rings is 1. The van der Waals surface area contributed by atoms with Crippen molar-refractivity contribution in [2.75, 3.05) is 6.54 Å². The van der Waals surface area contributed by atoms with Gasteiger partial charge in [0.2, 0.25) is 0 Å². The number of hydrogen-bond acceptors (Lipinski definition) is 3. The lowest BCUT2D eigenvalue weighted by Crippen LogP contribution is -2.36. The van der Waals surface area contributed by atoms with Gasteiger partial charge < -0.3 is 9.88 Å². The first-order chi connectivity index (χ1) is 11.7. The molecule has 1 aromatic carbocycles. The summed E-state index contributed by atoms with van der Waals surface area (Å²) in [7, 11) is 0. The van der Waals surface area contributed by atoms with Gasteiger partial charge >= 0.3 is 0 Å². The Kier molecular flexibility index (Phi) is 3.90. The normalized spacial score (nSPS) is 21.1. The molecule has 5 nitrogen and oxygen atoms in total. The fourth-order valence-electron chi connectivity index (χ4n) is 3.47. The number of nitrogens with zero attached hydrogens (tertiary/aromatic N) is 4.